The Morgan fingerprint density at radius 3 is 2.32 bits per heavy atom. The van der Waals surface area contributed by atoms with Crippen molar-refractivity contribution in [3.8, 4) is 0 Å². The fourth-order valence-electron chi connectivity index (χ4n) is 2.45. The van der Waals surface area contributed by atoms with Gasteiger partial charge in [-0.15, -0.1) is 0 Å². The van der Waals surface area contributed by atoms with Crippen LogP contribution in [0, 0.1) is 5.41 Å². The average Bonchev–Trinajstić information content (AvgIpc) is 2.49. The van der Waals surface area contributed by atoms with Gasteiger partial charge in [-0.2, -0.15) is 0 Å². The smallest absolute Gasteiger partial charge is 0.303 e. The molecule has 0 aliphatic carbocycles. The third-order valence-electron chi connectivity index (χ3n) is 3.60. The van der Waals surface area contributed by atoms with Crippen molar-refractivity contribution < 1.29 is 28.5 Å². The molecule has 0 aromatic carbocycles. The molecule has 1 N–H and O–H groups in total. The minimum atomic E-state index is -0.928. The molecule has 1 unspecified atom stereocenters. The fraction of sp³-hybridized carbons (Fsp3) is 0.867. The monoisotopic (exact) mass is 695 g/mol. The highest BCUT2D eigenvalue weighted by Crippen LogP contribution is 2.38. The van der Waals surface area contributed by atoms with Crippen LogP contribution in [-0.2, 0) is 28.5 Å². The van der Waals surface area contributed by atoms with Gasteiger partial charge >= 0.3 is 5.97 Å². The first kappa shape index (κ1) is 24.0. The molecule has 0 amide bonds. The summed E-state index contributed by atoms with van der Waals surface area (Å²) in [7, 11) is 1.57. The molecule has 0 spiro atoms. The zero-order valence-electron chi connectivity index (χ0n) is 14.6. The number of ether oxygens (including phenoxy) is 5. The number of carbonyl (C=O) groups excluding carboxylic acids is 1. The van der Waals surface area contributed by atoms with Crippen LogP contribution in [-0.4, -0.2) is 55.7 Å². The summed E-state index contributed by atoms with van der Waals surface area (Å²) in [4.78, 5) is 11.6. The van der Waals surface area contributed by atoms with Gasteiger partial charge in [-0.3, -0.25) is 10.2 Å². The molecule has 0 radical (unpaired) electrons. The molecule has 0 saturated carbocycles. The van der Waals surface area contributed by atoms with Gasteiger partial charge in [-0.05, 0) is 81.1 Å². The maximum Gasteiger partial charge on any atom is 0.303 e. The van der Waals surface area contributed by atoms with Crippen molar-refractivity contribution in [2.75, 3.05) is 13.7 Å². The van der Waals surface area contributed by atoms with Crippen molar-refractivity contribution >= 4 is 79.6 Å². The van der Waals surface area contributed by atoms with Gasteiger partial charge in [0.1, 0.15) is 12.2 Å². The summed E-state index contributed by atoms with van der Waals surface area (Å²) >= 11 is 6.26. The first-order valence-electron chi connectivity index (χ1n) is 7.91. The van der Waals surface area contributed by atoms with Crippen molar-refractivity contribution in [3.63, 3.8) is 0 Å². The highest BCUT2D eigenvalue weighted by Gasteiger charge is 2.49. The van der Waals surface area contributed by atoms with Gasteiger partial charge in [-0.1, -0.05) is 13.3 Å². The lowest BCUT2D eigenvalue weighted by atomic mass is 9.99. The number of nitrogens with one attached hydrogen (secondary N) is 1. The lowest BCUT2D eigenvalue weighted by molar-refractivity contribution is -0.289. The molecule has 1 heterocycles. The Morgan fingerprint density at radius 2 is 1.84 bits per heavy atom. The van der Waals surface area contributed by atoms with Crippen molar-refractivity contribution in [2.45, 2.75) is 63.8 Å². The molecule has 10 heteroatoms. The van der Waals surface area contributed by atoms with Crippen LogP contribution in [0.5, 0.6) is 0 Å². The summed E-state index contributed by atoms with van der Waals surface area (Å²) in [5.41, 5.74) is 0. The minimum Gasteiger partial charge on any atom is -0.453 e. The Balaban J connectivity index is 3.03. The number of esters is 1. The van der Waals surface area contributed by atoms with Gasteiger partial charge in [0.05, 0.1) is 6.10 Å². The van der Waals surface area contributed by atoms with Crippen molar-refractivity contribution in [3.05, 3.63) is 0 Å². The number of hydrogen-bond donors (Lipinski definition) is 1. The summed E-state index contributed by atoms with van der Waals surface area (Å²) < 4.78 is 27.9. The largest absolute Gasteiger partial charge is 0.453 e. The minimum absolute atomic E-state index is 0.0202. The van der Waals surface area contributed by atoms with Crippen molar-refractivity contribution in [1.82, 2.24) is 0 Å². The zero-order chi connectivity index (χ0) is 19.2. The highest BCUT2D eigenvalue weighted by molar-refractivity contribution is 14.3. The molecule has 25 heavy (non-hydrogen) atoms. The Hall–Kier alpha value is 1.01. The summed E-state index contributed by atoms with van der Waals surface area (Å²) in [6.07, 6.45) is -1.15. The number of alkyl halides is 3. The molecular formula is C15H24I3NO6. The van der Waals surface area contributed by atoms with Crippen molar-refractivity contribution in [2.24, 2.45) is 0 Å². The number of rotatable bonds is 8. The number of halogens is 3. The number of unbranched alkanes of at least 4 members (excludes halogenated alkanes) is 1. The van der Waals surface area contributed by atoms with Crippen LogP contribution in [0.3, 0.4) is 0 Å². The summed E-state index contributed by atoms with van der Waals surface area (Å²) in [6.45, 7) is 5.76. The lowest BCUT2D eigenvalue weighted by Gasteiger charge is -2.44. The van der Waals surface area contributed by atoms with Gasteiger partial charge in [-0.25, -0.2) is 0 Å². The average molecular weight is 695 g/mol. The Morgan fingerprint density at radius 1 is 1.20 bits per heavy atom. The molecule has 0 aromatic heterocycles. The molecule has 7 nitrogen and oxygen atoms in total. The summed E-state index contributed by atoms with van der Waals surface area (Å²) in [5, 5.41) is 8.11. The highest BCUT2D eigenvalue weighted by atomic mass is 127. The molecule has 0 aromatic rings. The summed E-state index contributed by atoms with van der Waals surface area (Å²) in [5.74, 6) is -0.446. The van der Waals surface area contributed by atoms with E-state index in [1.807, 2.05) is 6.92 Å². The molecule has 1 aliphatic rings. The lowest BCUT2D eigenvalue weighted by Crippen LogP contribution is -2.60. The van der Waals surface area contributed by atoms with Gasteiger partial charge in [0, 0.05) is 20.6 Å². The van der Waals surface area contributed by atoms with Gasteiger partial charge in [0.25, 0.3) is 0 Å². The molecule has 1 aliphatic heterocycles. The molecule has 1 rings (SSSR count). The van der Waals surface area contributed by atoms with E-state index in [0.29, 0.717) is 6.61 Å². The van der Waals surface area contributed by atoms with E-state index < -0.39 is 30.0 Å². The molecule has 5 atom stereocenters. The normalized spacial score (nSPS) is 30.0. The first-order chi connectivity index (χ1) is 11.6. The predicted octanol–water partition coefficient (Wildman–Crippen LogP) is 3.82. The fourth-order valence-corrected chi connectivity index (χ4v) is 2.83. The maximum absolute atomic E-state index is 11.6. The van der Waals surface area contributed by atoms with Gasteiger partial charge in [0.15, 0.2) is 5.54 Å². The van der Waals surface area contributed by atoms with Gasteiger partial charge < -0.3 is 23.7 Å². The second-order valence-electron chi connectivity index (χ2n) is 5.62. The number of methoxy groups -OCH3 is 1. The van der Waals surface area contributed by atoms with E-state index in [2.05, 4.69) is 74.7 Å². The van der Waals surface area contributed by atoms with E-state index in [1.165, 1.54) is 6.92 Å². The second kappa shape index (κ2) is 11.1. The van der Waals surface area contributed by atoms with Crippen LogP contribution in [0.2, 0.25) is 0 Å². The maximum atomic E-state index is 11.6. The SMILES string of the molecule is CCCCO[C@H]1[C@H](OC)[C@@H](C)OC(OC(=N)C(I)(I)I)[C@@H]1OC(C)=O. The van der Waals surface area contributed by atoms with E-state index in [1.54, 1.807) is 7.11 Å². The van der Waals surface area contributed by atoms with E-state index in [0.717, 1.165) is 12.8 Å². The first-order valence-corrected chi connectivity index (χ1v) is 11.1. The number of carbonyl (C=O) groups is 1. The van der Waals surface area contributed by atoms with E-state index in [9.17, 15) is 4.79 Å². The third-order valence-corrected chi connectivity index (χ3v) is 5.07. The van der Waals surface area contributed by atoms with Gasteiger partial charge in [0.2, 0.25) is 12.2 Å². The van der Waals surface area contributed by atoms with Crippen LogP contribution in [0.4, 0.5) is 0 Å². The third kappa shape index (κ3) is 7.50. The van der Waals surface area contributed by atoms with E-state index in [4.69, 9.17) is 29.1 Å². The van der Waals surface area contributed by atoms with E-state index >= 15 is 0 Å². The Kier molecular flexibility index (Phi) is 10.7. The molecule has 1 fully saturated rings. The van der Waals surface area contributed by atoms with Crippen LogP contribution in [0.15, 0.2) is 0 Å². The quantitative estimate of drug-likeness (QED) is 0.104. The zero-order valence-corrected chi connectivity index (χ0v) is 21.1. The Bertz CT molecular complexity index is 459. The van der Waals surface area contributed by atoms with Crippen LogP contribution < -0.4 is 0 Å². The second-order valence-corrected chi connectivity index (χ2v) is 16.7. The molecule has 146 valence electrons. The Labute approximate surface area is 189 Å². The molecular weight excluding hydrogens is 671 g/mol. The predicted molar refractivity (Wildman–Crippen MR) is 119 cm³/mol. The van der Waals surface area contributed by atoms with Crippen LogP contribution in [0.25, 0.3) is 0 Å². The molecule has 1 saturated heterocycles. The number of hydrogen-bond acceptors (Lipinski definition) is 7. The summed E-state index contributed by atoms with van der Waals surface area (Å²) in [6, 6.07) is 0. The van der Waals surface area contributed by atoms with Crippen molar-refractivity contribution in [1.29, 1.82) is 5.41 Å². The standard InChI is InChI=1S/C15H24I3NO6/c1-5-6-7-22-11-10(21-4)8(2)23-13(12(11)24-9(3)20)25-14(19)15(16,17)18/h8,10-13,19H,5-7H2,1-4H3/t8-,10-,11+,12-,13?/m1/s1. The van der Waals surface area contributed by atoms with Crippen LogP contribution >= 0.6 is 67.8 Å². The topological polar surface area (TPSA) is 87.1 Å². The van der Waals surface area contributed by atoms with Crippen LogP contribution in [0.1, 0.15) is 33.6 Å². The van der Waals surface area contributed by atoms with E-state index in [-0.39, 0.29) is 12.0 Å². The molecule has 0 bridgehead atoms.